The fourth-order valence-electron chi connectivity index (χ4n) is 2.37. The highest BCUT2D eigenvalue weighted by Crippen LogP contribution is 2.36. The van der Waals surface area contributed by atoms with Crippen molar-refractivity contribution >= 4 is 47.9 Å². The molecule has 1 atom stereocenters. The lowest BCUT2D eigenvalue weighted by atomic mass is 10.1. The van der Waals surface area contributed by atoms with Crippen molar-refractivity contribution in [1.29, 1.82) is 0 Å². The number of nitrogens with zero attached hydrogens (tertiary/aromatic N) is 2. The second-order valence-corrected chi connectivity index (χ2v) is 7.62. The second kappa shape index (κ2) is 7.45. The molecule has 0 aliphatic heterocycles. The summed E-state index contributed by atoms with van der Waals surface area (Å²) >= 11 is 12.1. The minimum absolute atomic E-state index is 0.139. The van der Waals surface area contributed by atoms with Crippen LogP contribution in [0.2, 0.25) is 10.3 Å². The van der Waals surface area contributed by atoms with Crippen LogP contribution in [0.25, 0.3) is 16.6 Å². The van der Waals surface area contributed by atoms with Crippen LogP contribution in [0.4, 0.5) is 0 Å². The van der Waals surface area contributed by atoms with Gasteiger partial charge in [0, 0.05) is 16.6 Å². The number of benzene rings is 2. The van der Waals surface area contributed by atoms with E-state index < -0.39 is 8.07 Å². The van der Waals surface area contributed by atoms with Crippen molar-refractivity contribution in [3.8, 4) is 0 Å². The predicted molar refractivity (Wildman–Crippen MR) is 103 cm³/mol. The van der Waals surface area contributed by atoms with Crippen LogP contribution in [0, 0.1) is 0 Å². The number of aromatic nitrogens is 2. The third-order valence-electron chi connectivity index (χ3n) is 3.42. The summed E-state index contributed by atoms with van der Waals surface area (Å²) in [4.78, 5) is 8.45. The Bertz CT molecular complexity index is 900. The predicted octanol–water partition coefficient (Wildman–Crippen LogP) is 4.75. The Labute approximate surface area is 151 Å². The summed E-state index contributed by atoms with van der Waals surface area (Å²) < 4.78 is 0. The summed E-state index contributed by atoms with van der Waals surface area (Å²) in [5, 5.41) is 1.48. The molecule has 4 nitrogen and oxygen atoms in total. The molecule has 1 heterocycles. The lowest BCUT2D eigenvalue weighted by molar-refractivity contribution is 1.19. The van der Waals surface area contributed by atoms with Gasteiger partial charge in [0.15, 0.2) is 0 Å². The highest BCUT2D eigenvalue weighted by molar-refractivity contribution is 7.57. The van der Waals surface area contributed by atoms with Gasteiger partial charge in [-0.05, 0) is 49.3 Å². The molecular weight excluding hydrogens is 362 g/mol. The SMILES string of the molecule is N/C(=C/P(N)Cc1ccccc1)c1nc(Cl)nc2ccc(Cl)cc12. The molecule has 1 aromatic heterocycles. The largest absolute Gasteiger partial charge is 0.397 e. The highest BCUT2D eigenvalue weighted by atomic mass is 35.5. The van der Waals surface area contributed by atoms with Crippen molar-refractivity contribution in [1.82, 2.24) is 9.97 Å². The van der Waals surface area contributed by atoms with Gasteiger partial charge in [0.2, 0.25) is 5.28 Å². The van der Waals surface area contributed by atoms with E-state index in [0.29, 0.717) is 21.9 Å². The van der Waals surface area contributed by atoms with E-state index in [1.807, 2.05) is 36.1 Å². The molecule has 122 valence electrons. The Balaban J connectivity index is 1.95. The number of nitrogens with two attached hydrogens (primary N) is 2. The van der Waals surface area contributed by atoms with Crippen molar-refractivity contribution in [2.45, 2.75) is 6.16 Å². The molecule has 0 aliphatic rings. The smallest absolute Gasteiger partial charge is 0.223 e. The molecule has 24 heavy (non-hydrogen) atoms. The summed E-state index contributed by atoms with van der Waals surface area (Å²) in [5.74, 6) is 1.85. The molecule has 0 bridgehead atoms. The lowest BCUT2D eigenvalue weighted by Gasteiger charge is -2.11. The first-order chi connectivity index (χ1) is 11.5. The van der Waals surface area contributed by atoms with Crippen LogP contribution in [0.15, 0.2) is 54.3 Å². The number of halogens is 2. The molecule has 4 N–H and O–H groups in total. The van der Waals surface area contributed by atoms with Crippen LogP contribution in [0.3, 0.4) is 0 Å². The van der Waals surface area contributed by atoms with Crippen molar-refractivity contribution in [2.75, 3.05) is 0 Å². The van der Waals surface area contributed by atoms with E-state index in [0.717, 1.165) is 11.5 Å². The molecule has 1 unspecified atom stereocenters. The summed E-state index contributed by atoms with van der Waals surface area (Å²) in [6.07, 6.45) is 0.744. The molecule has 0 spiro atoms. The maximum atomic E-state index is 6.26. The van der Waals surface area contributed by atoms with Crippen molar-refractivity contribution < 1.29 is 0 Å². The molecule has 3 aromatic rings. The van der Waals surface area contributed by atoms with Crippen molar-refractivity contribution in [2.24, 2.45) is 11.2 Å². The first-order valence-corrected chi connectivity index (χ1v) is 9.61. The third kappa shape index (κ3) is 4.03. The van der Waals surface area contributed by atoms with E-state index in [2.05, 4.69) is 9.97 Å². The average molecular weight is 377 g/mol. The molecule has 3 rings (SSSR count). The van der Waals surface area contributed by atoms with Gasteiger partial charge in [-0.1, -0.05) is 41.9 Å². The van der Waals surface area contributed by atoms with Gasteiger partial charge in [0.25, 0.3) is 0 Å². The van der Waals surface area contributed by atoms with E-state index in [1.54, 1.807) is 18.2 Å². The Hall–Kier alpha value is -1.71. The normalized spacial score (nSPS) is 13.2. The van der Waals surface area contributed by atoms with E-state index >= 15 is 0 Å². The van der Waals surface area contributed by atoms with Crippen LogP contribution < -0.4 is 11.2 Å². The average Bonchev–Trinajstić information content (AvgIpc) is 2.55. The maximum absolute atomic E-state index is 6.26. The Kier molecular flexibility index (Phi) is 5.32. The fraction of sp³-hybridized carbons (Fsp3) is 0.0588. The zero-order chi connectivity index (χ0) is 17.1. The van der Waals surface area contributed by atoms with Crippen LogP contribution in [0.1, 0.15) is 11.3 Å². The molecule has 0 radical (unpaired) electrons. The molecule has 0 fully saturated rings. The van der Waals surface area contributed by atoms with Gasteiger partial charge in [-0.15, -0.1) is 0 Å². The minimum Gasteiger partial charge on any atom is -0.397 e. The summed E-state index contributed by atoms with van der Waals surface area (Å²) in [6.45, 7) is 0. The summed E-state index contributed by atoms with van der Waals surface area (Å²) in [6, 6.07) is 15.4. The monoisotopic (exact) mass is 376 g/mol. The van der Waals surface area contributed by atoms with Crippen LogP contribution in [0.5, 0.6) is 0 Å². The first-order valence-electron chi connectivity index (χ1n) is 7.18. The van der Waals surface area contributed by atoms with Crippen molar-refractivity contribution in [3.05, 3.63) is 75.9 Å². The molecule has 0 saturated carbocycles. The fourth-order valence-corrected chi connectivity index (χ4v) is 3.92. The number of hydrogen-bond acceptors (Lipinski definition) is 4. The van der Waals surface area contributed by atoms with E-state index in [-0.39, 0.29) is 5.28 Å². The Morgan fingerprint density at radius 3 is 2.58 bits per heavy atom. The van der Waals surface area contributed by atoms with Gasteiger partial charge >= 0.3 is 0 Å². The lowest BCUT2D eigenvalue weighted by Crippen LogP contribution is -2.03. The summed E-state index contributed by atoms with van der Waals surface area (Å²) in [7, 11) is -0.916. The van der Waals surface area contributed by atoms with Gasteiger partial charge in [-0.2, -0.15) is 0 Å². The number of hydrogen-bond donors (Lipinski definition) is 2. The third-order valence-corrected chi connectivity index (χ3v) is 5.16. The second-order valence-electron chi connectivity index (χ2n) is 5.25. The van der Waals surface area contributed by atoms with Gasteiger partial charge in [-0.3, -0.25) is 0 Å². The Morgan fingerprint density at radius 2 is 1.83 bits per heavy atom. The van der Waals surface area contributed by atoms with Gasteiger partial charge in [-0.25, -0.2) is 9.97 Å². The van der Waals surface area contributed by atoms with Gasteiger partial charge in [0.05, 0.1) is 16.9 Å². The van der Waals surface area contributed by atoms with Crippen LogP contribution in [-0.2, 0) is 6.16 Å². The minimum atomic E-state index is -0.916. The van der Waals surface area contributed by atoms with E-state index in [4.69, 9.17) is 34.4 Å². The zero-order valence-electron chi connectivity index (χ0n) is 12.7. The van der Waals surface area contributed by atoms with Gasteiger partial charge in [0.1, 0.15) is 0 Å². The molecule has 2 aromatic carbocycles. The number of fused-ring (bicyclic) bond motifs is 1. The number of rotatable bonds is 4. The first kappa shape index (κ1) is 17.1. The molecule has 7 heteroatoms. The quantitative estimate of drug-likeness (QED) is 0.508. The zero-order valence-corrected chi connectivity index (χ0v) is 15.1. The van der Waals surface area contributed by atoms with Crippen LogP contribution >= 0.6 is 31.3 Å². The van der Waals surface area contributed by atoms with Crippen molar-refractivity contribution in [3.63, 3.8) is 0 Å². The Morgan fingerprint density at radius 1 is 1.08 bits per heavy atom. The van der Waals surface area contributed by atoms with Gasteiger partial charge < -0.3 is 11.2 Å². The topological polar surface area (TPSA) is 77.8 Å². The standard InChI is InChI=1S/C17H15Cl2N4P/c18-12-6-7-15-13(8-12)16(23-17(19)22-15)14(20)10-24(21)9-11-4-2-1-3-5-11/h1-8,10H,9,20-21H2/b14-10+. The molecular formula is C17H15Cl2N4P. The molecule has 0 aliphatic carbocycles. The van der Waals surface area contributed by atoms with E-state index in [9.17, 15) is 0 Å². The maximum Gasteiger partial charge on any atom is 0.223 e. The van der Waals surface area contributed by atoms with Crippen LogP contribution in [-0.4, -0.2) is 9.97 Å². The van der Waals surface area contributed by atoms with E-state index in [1.165, 1.54) is 5.56 Å². The molecule has 0 amide bonds. The molecule has 0 saturated heterocycles. The summed E-state index contributed by atoms with van der Waals surface area (Å²) in [5.41, 5.74) is 15.4. The highest BCUT2D eigenvalue weighted by Gasteiger charge is 2.11.